The van der Waals surface area contributed by atoms with Crippen LogP contribution in [0, 0.1) is 11.8 Å². The van der Waals surface area contributed by atoms with Crippen molar-refractivity contribution in [1.29, 1.82) is 0 Å². The summed E-state index contributed by atoms with van der Waals surface area (Å²) in [6.07, 6.45) is 5.77. The van der Waals surface area contributed by atoms with Crippen LogP contribution < -0.4 is 0 Å². The van der Waals surface area contributed by atoms with Crippen molar-refractivity contribution in [2.75, 3.05) is 0 Å². The average Bonchev–Trinajstić information content (AvgIpc) is 3.07. The van der Waals surface area contributed by atoms with Gasteiger partial charge in [-0.2, -0.15) is 0 Å². The fourth-order valence-electron chi connectivity index (χ4n) is 3.73. The minimum atomic E-state index is -0.143. The molecule has 3 rings (SSSR count). The molecule has 1 saturated heterocycles. The predicted octanol–water partition coefficient (Wildman–Crippen LogP) is 2.82. The zero-order valence-corrected chi connectivity index (χ0v) is 16.4. The van der Waals surface area contributed by atoms with Crippen molar-refractivity contribution in [1.82, 2.24) is 0 Å². The number of hydrogen-bond donors (Lipinski definition) is 0. The molecule has 0 bridgehead atoms. The Bertz CT molecular complexity index is 650. The smallest absolute Gasteiger partial charge is 0.336 e. The first-order chi connectivity index (χ1) is 12.0. The molecule has 4 nitrogen and oxygen atoms in total. The Morgan fingerprint density at radius 3 is 2.80 bits per heavy atom. The summed E-state index contributed by atoms with van der Waals surface area (Å²) in [5.41, 5.74) is 1.16. The predicted molar refractivity (Wildman–Crippen MR) is 105 cm³/mol. The molecule has 2 aliphatic rings. The van der Waals surface area contributed by atoms with Gasteiger partial charge in [-0.05, 0) is 18.1 Å². The maximum atomic E-state index is 12.2. The summed E-state index contributed by atoms with van der Waals surface area (Å²) in [6, 6.07) is 9.99. The van der Waals surface area contributed by atoms with E-state index < -0.39 is 0 Å². The molecule has 0 radical (unpaired) electrons. The number of ketones is 1. The summed E-state index contributed by atoms with van der Waals surface area (Å²) in [6.45, 7) is 0. The Morgan fingerprint density at radius 2 is 2.08 bits per heavy atom. The van der Waals surface area contributed by atoms with Crippen LogP contribution in [0.2, 0.25) is 0 Å². The monoisotopic (exact) mass is 376 g/mol. The van der Waals surface area contributed by atoms with E-state index >= 15 is 0 Å². The fraction of sp³-hybridized carbons (Fsp3) is 0.444. The van der Waals surface area contributed by atoms with E-state index in [1.54, 1.807) is 6.08 Å². The maximum absolute atomic E-state index is 12.2. The minimum Gasteiger partial charge on any atom is -0.462 e. The Morgan fingerprint density at radius 1 is 1.32 bits per heavy atom. The van der Waals surface area contributed by atoms with Gasteiger partial charge >= 0.3 is 12.3 Å². The first-order valence-corrected chi connectivity index (χ1v) is 9.97. The number of ether oxygens (including phenoxy) is 1. The van der Waals surface area contributed by atoms with Crippen molar-refractivity contribution < 1.29 is 19.0 Å². The number of hydrogen-bond acceptors (Lipinski definition) is 4. The number of aryl methyl sites for hydroxylation is 1. The molecule has 1 aliphatic carbocycles. The van der Waals surface area contributed by atoms with Gasteiger partial charge in [-0.1, -0.05) is 36.4 Å². The number of carbonyl (C=O) groups excluding carboxylic acids is 2. The van der Waals surface area contributed by atoms with E-state index in [2.05, 4.69) is 18.2 Å². The third-order valence-electron chi connectivity index (χ3n) is 4.89. The van der Waals surface area contributed by atoms with Gasteiger partial charge < -0.3 is 9.39 Å². The van der Waals surface area contributed by atoms with E-state index in [1.807, 2.05) is 36.4 Å². The molecule has 0 spiro atoms. The molecule has 1 aromatic rings. The molecule has 2 fully saturated rings. The van der Waals surface area contributed by atoms with Gasteiger partial charge in [-0.3, -0.25) is 9.59 Å². The quantitative estimate of drug-likeness (QED) is 0.318. The molecule has 6 unspecified atom stereocenters. The van der Waals surface area contributed by atoms with Gasteiger partial charge in [0.05, 0.1) is 12.5 Å². The van der Waals surface area contributed by atoms with E-state index in [0.29, 0.717) is 19.3 Å². The zero-order chi connectivity index (χ0) is 17.8. The van der Waals surface area contributed by atoms with Gasteiger partial charge in [-0.15, -0.1) is 18.2 Å². The Kier molecular flexibility index (Phi) is 6.44. The van der Waals surface area contributed by atoms with E-state index in [9.17, 15) is 9.59 Å². The molecule has 1 aliphatic heterocycles. The van der Waals surface area contributed by atoms with Crippen molar-refractivity contribution >= 4 is 36.3 Å². The van der Waals surface area contributed by atoms with E-state index in [0.717, 1.165) is 12.0 Å². The van der Waals surface area contributed by atoms with Gasteiger partial charge in [0, 0.05) is 24.7 Å². The van der Waals surface area contributed by atoms with Crippen LogP contribution in [0.4, 0.5) is 0 Å². The molecular weight excluding hydrogens is 353 g/mol. The highest BCUT2D eigenvalue weighted by atomic mass is 31.1. The van der Waals surface area contributed by atoms with Gasteiger partial charge in [0.2, 0.25) is 0 Å². The van der Waals surface area contributed by atoms with Gasteiger partial charge in [-0.25, -0.2) is 0 Å². The lowest BCUT2D eigenvalue weighted by Crippen LogP contribution is -2.24. The van der Waals surface area contributed by atoms with Crippen LogP contribution in [0.1, 0.15) is 24.8 Å². The van der Waals surface area contributed by atoms with E-state index in [4.69, 9.17) is 9.39 Å². The summed E-state index contributed by atoms with van der Waals surface area (Å²) in [4.78, 5) is 23.8. The molecule has 0 N–H and O–H groups in total. The third-order valence-corrected chi connectivity index (χ3v) is 5.20. The SMILES string of the molecule is O=C(/C=C/C1C(OB(P)P)CC2OC(=O)CC21)CCc1ccccc1. The summed E-state index contributed by atoms with van der Waals surface area (Å²) in [5.74, 6) is 0.116. The standard InChI is InChI=1S/C18H23BO4P2/c20-13(7-6-12-4-2-1-3-5-12)8-9-14-15-10-18(21)22-16(15)11-17(14)23-19(24)25/h1-5,8-9,14-17H,6-7,10-11,24-25H2/b9-8+. The van der Waals surface area contributed by atoms with Crippen molar-refractivity contribution in [2.45, 2.75) is 37.9 Å². The maximum Gasteiger partial charge on any atom is 0.336 e. The topological polar surface area (TPSA) is 52.6 Å². The molecule has 0 amide bonds. The summed E-state index contributed by atoms with van der Waals surface area (Å²) in [7, 11) is 5.19. The fourth-order valence-corrected chi connectivity index (χ4v) is 4.13. The number of allylic oxidation sites excluding steroid dienone is 1. The number of esters is 1. The lowest BCUT2D eigenvalue weighted by Gasteiger charge is -2.21. The third kappa shape index (κ3) is 5.00. The van der Waals surface area contributed by atoms with Crippen LogP contribution in [0.25, 0.3) is 0 Å². The Hall–Kier alpha value is -1.02. The molecule has 25 heavy (non-hydrogen) atoms. The lowest BCUT2D eigenvalue weighted by atomic mass is 9.91. The second-order valence-corrected chi connectivity index (χ2v) is 8.74. The molecule has 0 aromatic heterocycles. The van der Waals surface area contributed by atoms with Crippen LogP contribution in [0.5, 0.6) is 0 Å². The highest BCUT2D eigenvalue weighted by Gasteiger charge is 2.49. The normalized spacial score (nSPS) is 28.2. The largest absolute Gasteiger partial charge is 0.462 e. The van der Waals surface area contributed by atoms with Crippen molar-refractivity contribution in [3.8, 4) is 0 Å². The summed E-state index contributed by atoms with van der Waals surface area (Å²) >= 11 is 0. The number of carbonyl (C=O) groups is 2. The second kappa shape index (κ2) is 8.58. The van der Waals surface area contributed by atoms with Crippen LogP contribution in [-0.2, 0) is 25.4 Å². The molecule has 1 aromatic carbocycles. The second-order valence-electron chi connectivity index (χ2n) is 6.66. The van der Waals surface area contributed by atoms with Crippen molar-refractivity contribution in [3.05, 3.63) is 48.0 Å². The van der Waals surface area contributed by atoms with Crippen molar-refractivity contribution in [2.24, 2.45) is 11.8 Å². The Balaban J connectivity index is 1.60. The van der Waals surface area contributed by atoms with Crippen LogP contribution in [0.15, 0.2) is 42.5 Å². The van der Waals surface area contributed by atoms with E-state index in [1.165, 1.54) is 0 Å². The molecule has 1 heterocycles. The number of rotatable bonds is 7. The van der Waals surface area contributed by atoms with Gasteiger partial charge in [0.25, 0.3) is 0 Å². The zero-order valence-electron chi connectivity index (χ0n) is 14.0. The van der Waals surface area contributed by atoms with Gasteiger partial charge in [0.15, 0.2) is 5.78 Å². The highest BCUT2D eigenvalue weighted by molar-refractivity contribution is 7.92. The average molecular weight is 376 g/mol. The van der Waals surface area contributed by atoms with E-state index in [-0.39, 0.29) is 42.2 Å². The summed E-state index contributed by atoms with van der Waals surface area (Å²) < 4.78 is 11.3. The molecule has 1 saturated carbocycles. The van der Waals surface area contributed by atoms with Gasteiger partial charge in [0.1, 0.15) is 6.10 Å². The summed E-state index contributed by atoms with van der Waals surface area (Å²) in [5, 5.41) is 0. The first kappa shape index (κ1) is 18.8. The molecule has 132 valence electrons. The Labute approximate surface area is 153 Å². The molecule has 6 atom stereocenters. The molecular formula is C18H23BO4P2. The lowest BCUT2D eigenvalue weighted by molar-refractivity contribution is -0.141. The number of fused-ring (bicyclic) bond motifs is 1. The first-order valence-electron chi connectivity index (χ1n) is 8.64. The van der Waals surface area contributed by atoms with Crippen LogP contribution >= 0.6 is 18.2 Å². The highest BCUT2D eigenvalue weighted by Crippen LogP contribution is 2.44. The van der Waals surface area contributed by atoms with Crippen LogP contribution in [-0.4, -0.2) is 30.3 Å². The number of benzene rings is 1. The minimum absolute atomic E-state index is 0.0266. The van der Waals surface area contributed by atoms with Crippen LogP contribution in [0.3, 0.4) is 0 Å². The molecule has 7 heteroatoms. The van der Waals surface area contributed by atoms with Crippen molar-refractivity contribution in [3.63, 3.8) is 0 Å².